The monoisotopic (exact) mass is 296 g/mol. The van der Waals surface area contributed by atoms with Crippen molar-refractivity contribution in [3.8, 4) is 0 Å². The van der Waals surface area contributed by atoms with Crippen LogP contribution in [0.5, 0.6) is 0 Å². The van der Waals surface area contributed by atoms with E-state index in [1.807, 2.05) is 29.2 Å². The molecule has 1 aliphatic heterocycles. The Balaban J connectivity index is 1.74. The second-order valence-electron chi connectivity index (χ2n) is 5.78. The zero-order chi connectivity index (χ0) is 15.4. The molecule has 1 aliphatic rings. The van der Waals surface area contributed by atoms with Gasteiger partial charge < -0.3 is 10.2 Å². The Morgan fingerprint density at radius 2 is 2.09 bits per heavy atom. The van der Waals surface area contributed by atoms with Gasteiger partial charge in [0.25, 0.3) is 5.91 Å². The highest BCUT2D eigenvalue weighted by Crippen LogP contribution is 2.20. The van der Waals surface area contributed by atoms with Crippen LogP contribution >= 0.6 is 0 Å². The summed E-state index contributed by atoms with van der Waals surface area (Å²) >= 11 is 0. The molecule has 0 radical (unpaired) electrons. The molecule has 5 heteroatoms. The molecule has 22 heavy (non-hydrogen) atoms. The summed E-state index contributed by atoms with van der Waals surface area (Å²) in [5.74, 6) is 1.21. The molecule has 0 spiro atoms. The third-order valence-corrected chi connectivity index (χ3v) is 3.88. The van der Waals surface area contributed by atoms with Crippen molar-refractivity contribution in [1.82, 2.24) is 14.9 Å². The molecule has 3 rings (SSSR count). The number of hydrogen-bond donors (Lipinski definition) is 1. The Kier molecular flexibility index (Phi) is 4.32. The smallest absolute Gasteiger partial charge is 0.253 e. The summed E-state index contributed by atoms with van der Waals surface area (Å²) in [6.07, 6.45) is 5.65. The first-order chi connectivity index (χ1) is 10.7. The minimum absolute atomic E-state index is 0.101. The number of nitrogens with zero attached hydrogens (tertiary/aromatic N) is 3. The van der Waals surface area contributed by atoms with Crippen LogP contribution in [0, 0.1) is 5.92 Å². The molecule has 0 unspecified atom stereocenters. The number of hydrogen-bond acceptors (Lipinski definition) is 4. The molecule has 0 bridgehead atoms. The lowest BCUT2D eigenvalue weighted by molar-refractivity contribution is 0.0683. The summed E-state index contributed by atoms with van der Waals surface area (Å²) < 4.78 is 0. The molecular formula is C17H20N4O. The van der Waals surface area contributed by atoms with Gasteiger partial charge in [0.1, 0.15) is 0 Å². The van der Waals surface area contributed by atoms with Crippen molar-refractivity contribution in [3.63, 3.8) is 0 Å². The van der Waals surface area contributed by atoms with E-state index in [0.717, 1.165) is 25.2 Å². The Morgan fingerprint density at radius 3 is 2.86 bits per heavy atom. The maximum Gasteiger partial charge on any atom is 0.253 e. The van der Waals surface area contributed by atoms with Gasteiger partial charge in [0.15, 0.2) is 0 Å². The van der Waals surface area contributed by atoms with Crippen molar-refractivity contribution in [3.05, 3.63) is 48.3 Å². The fraction of sp³-hybridized carbons (Fsp3) is 0.353. The summed E-state index contributed by atoms with van der Waals surface area (Å²) in [5, 5.41) is 3.12. The summed E-state index contributed by atoms with van der Waals surface area (Å²) in [6, 6.07) is 9.27. The Labute approximate surface area is 130 Å². The average molecular weight is 296 g/mol. The number of carbonyl (C=O) groups is 1. The van der Waals surface area contributed by atoms with Crippen LogP contribution in [0.1, 0.15) is 30.1 Å². The van der Waals surface area contributed by atoms with Crippen LogP contribution in [0.3, 0.4) is 0 Å². The zero-order valence-corrected chi connectivity index (χ0v) is 12.7. The quantitative estimate of drug-likeness (QED) is 0.945. The number of likely N-dealkylation sites (tertiary alicyclic amines) is 1. The predicted octanol–water partition coefficient (Wildman–Crippen LogP) is 3.09. The standard InChI is InChI=1S/C17H20N4O/c1-13-5-3-10-21(12-13)16(22)14-6-2-7-15(11-14)20-17-18-8-4-9-19-17/h2,4,6-9,11,13H,3,5,10,12H2,1H3,(H,18,19,20)/t13-/m0/s1. The highest BCUT2D eigenvalue weighted by Gasteiger charge is 2.22. The van der Waals surface area contributed by atoms with Gasteiger partial charge >= 0.3 is 0 Å². The van der Waals surface area contributed by atoms with Crippen LogP contribution in [-0.4, -0.2) is 33.9 Å². The summed E-state index contributed by atoms with van der Waals surface area (Å²) in [6.45, 7) is 3.89. The van der Waals surface area contributed by atoms with E-state index in [2.05, 4.69) is 22.2 Å². The third-order valence-electron chi connectivity index (χ3n) is 3.88. The van der Waals surface area contributed by atoms with Crippen molar-refractivity contribution < 1.29 is 4.79 Å². The number of amides is 1. The van der Waals surface area contributed by atoms with E-state index in [1.165, 1.54) is 6.42 Å². The van der Waals surface area contributed by atoms with Crippen LogP contribution in [0.25, 0.3) is 0 Å². The fourth-order valence-electron chi connectivity index (χ4n) is 2.78. The van der Waals surface area contributed by atoms with Gasteiger partial charge in [-0.2, -0.15) is 0 Å². The van der Waals surface area contributed by atoms with Crippen molar-refractivity contribution >= 4 is 17.5 Å². The van der Waals surface area contributed by atoms with Crippen LogP contribution in [0.15, 0.2) is 42.7 Å². The number of piperidine rings is 1. The van der Waals surface area contributed by atoms with E-state index in [-0.39, 0.29) is 5.91 Å². The number of rotatable bonds is 3. The maximum atomic E-state index is 12.6. The molecular weight excluding hydrogens is 276 g/mol. The average Bonchev–Trinajstić information content (AvgIpc) is 2.55. The minimum Gasteiger partial charge on any atom is -0.338 e. The van der Waals surface area contributed by atoms with E-state index in [9.17, 15) is 4.79 Å². The van der Waals surface area contributed by atoms with Gasteiger partial charge in [0.2, 0.25) is 5.95 Å². The summed E-state index contributed by atoms with van der Waals surface area (Å²) in [5.41, 5.74) is 1.53. The van der Waals surface area contributed by atoms with E-state index in [0.29, 0.717) is 17.4 Å². The molecule has 0 saturated carbocycles. The van der Waals surface area contributed by atoms with Crippen LogP contribution < -0.4 is 5.32 Å². The molecule has 1 amide bonds. The van der Waals surface area contributed by atoms with Crippen molar-refractivity contribution in [2.75, 3.05) is 18.4 Å². The highest BCUT2D eigenvalue weighted by atomic mass is 16.2. The predicted molar refractivity (Wildman–Crippen MR) is 86.1 cm³/mol. The summed E-state index contributed by atoms with van der Waals surface area (Å²) in [7, 11) is 0. The molecule has 1 saturated heterocycles. The second kappa shape index (κ2) is 6.56. The molecule has 0 aliphatic carbocycles. The van der Waals surface area contributed by atoms with Gasteiger partial charge in [-0.25, -0.2) is 9.97 Å². The first-order valence-corrected chi connectivity index (χ1v) is 7.66. The van der Waals surface area contributed by atoms with Gasteiger partial charge in [0, 0.05) is 36.7 Å². The van der Waals surface area contributed by atoms with Gasteiger partial charge in [0.05, 0.1) is 0 Å². The number of anilines is 2. The second-order valence-corrected chi connectivity index (χ2v) is 5.78. The first-order valence-electron chi connectivity index (χ1n) is 7.66. The fourth-order valence-corrected chi connectivity index (χ4v) is 2.78. The van der Waals surface area contributed by atoms with Gasteiger partial charge in [-0.05, 0) is 43.0 Å². The molecule has 1 aromatic carbocycles. The normalized spacial score (nSPS) is 18.0. The molecule has 2 aromatic rings. The summed E-state index contributed by atoms with van der Waals surface area (Å²) in [4.78, 5) is 22.8. The van der Waals surface area contributed by atoms with Gasteiger partial charge in [-0.3, -0.25) is 4.79 Å². The minimum atomic E-state index is 0.101. The molecule has 1 fully saturated rings. The van der Waals surface area contributed by atoms with Gasteiger partial charge in [-0.1, -0.05) is 13.0 Å². The maximum absolute atomic E-state index is 12.6. The Hall–Kier alpha value is -2.43. The molecule has 1 atom stereocenters. The molecule has 5 nitrogen and oxygen atoms in total. The first kappa shape index (κ1) is 14.5. The van der Waals surface area contributed by atoms with E-state index in [1.54, 1.807) is 18.5 Å². The number of benzene rings is 1. The molecule has 114 valence electrons. The van der Waals surface area contributed by atoms with Crippen LogP contribution in [-0.2, 0) is 0 Å². The lowest BCUT2D eigenvalue weighted by Crippen LogP contribution is -2.39. The zero-order valence-electron chi connectivity index (χ0n) is 12.7. The van der Waals surface area contributed by atoms with Crippen LogP contribution in [0.2, 0.25) is 0 Å². The van der Waals surface area contributed by atoms with E-state index in [4.69, 9.17) is 0 Å². The Morgan fingerprint density at radius 1 is 1.27 bits per heavy atom. The molecule has 2 heterocycles. The van der Waals surface area contributed by atoms with E-state index < -0.39 is 0 Å². The highest BCUT2D eigenvalue weighted by molar-refractivity contribution is 5.95. The number of nitrogens with one attached hydrogen (secondary N) is 1. The third kappa shape index (κ3) is 3.42. The van der Waals surface area contributed by atoms with Crippen molar-refractivity contribution in [1.29, 1.82) is 0 Å². The Bertz CT molecular complexity index is 644. The topological polar surface area (TPSA) is 58.1 Å². The largest absolute Gasteiger partial charge is 0.338 e. The molecule has 1 N–H and O–H groups in total. The van der Waals surface area contributed by atoms with Gasteiger partial charge in [-0.15, -0.1) is 0 Å². The lowest BCUT2D eigenvalue weighted by Gasteiger charge is -2.31. The lowest BCUT2D eigenvalue weighted by atomic mass is 9.99. The SMILES string of the molecule is C[C@H]1CCCN(C(=O)c2cccc(Nc3ncccn3)c2)C1. The van der Waals surface area contributed by atoms with Crippen LogP contribution in [0.4, 0.5) is 11.6 Å². The van der Waals surface area contributed by atoms with Crippen molar-refractivity contribution in [2.45, 2.75) is 19.8 Å². The van der Waals surface area contributed by atoms with E-state index >= 15 is 0 Å². The molecule has 1 aromatic heterocycles. The number of aromatic nitrogens is 2. The van der Waals surface area contributed by atoms with Crippen molar-refractivity contribution in [2.24, 2.45) is 5.92 Å². The number of carbonyl (C=O) groups excluding carboxylic acids is 1.